The van der Waals surface area contributed by atoms with Gasteiger partial charge in [-0.3, -0.25) is 14.5 Å². The van der Waals surface area contributed by atoms with Crippen LogP contribution < -0.4 is 0 Å². The molecule has 0 bridgehead atoms. The number of hydrogen-bond acceptors (Lipinski definition) is 3. The molecule has 0 N–H and O–H groups in total. The Morgan fingerprint density at radius 2 is 1.68 bits per heavy atom. The van der Waals surface area contributed by atoms with Gasteiger partial charge in [0.05, 0.1) is 11.4 Å². The average Bonchev–Trinajstić information content (AvgIpc) is 3.14. The summed E-state index contributed by atoms with van der Waals surface area (Å²) in [6.07, 6.45) is 16.3. The monoisotopic (exact) mass is 424 g/mol. The van der Waals surface area contributed by atoms with Gasteiger partial charge >= 0.3 is 0 Å². The summed E-state index contributed by atoms with van der Waals surface area (Å²) >= 11 is 6.47. The Labute approximate surface area is 186 Å². The number of aromatic nitrogens is 4. The lowest BCUT2D eigenvalue weighted by Gasteiger charge is -2.27. The highest BCUT2D eigenvalue weighted by Gasteiger charge is 2.34. The van der Waals surface area contributed by atoms with Crippen molar-refractivity contribution in [2.75, 3.05) is 0 Å². The van der Waals surface area contributed by atoms with Gasteiger partial charge < -0.3 is 0 Å². The maximum atomic E-state index is 6.47. The lowest BCUT2D eigenvalue weighted by molar-refractivity contribution is 0.702. The SMILES string of the molecule is ClC1=CC=C2Cc3nc(-c4ccccn4)c(-c4ccccn4)n3C3=CCCC=C3C2C1. The van der Waals surface area contributed by atoms with E-state index < -0.39 is 0 Å². The minimum atomic E-state index is 0.306. The van der Waals surface area contributed by atoms with Gasteiger partial charge in [-0.05, 0) is 55.2 Å². The van der Waals surface area contributed by atoms with Crippen LogP contribution in [0.25, 0.3) is 28.5 Å². The summed E-state index contributed by atoms with van der Waals surface area (Å²) in [5, 5.41) is 0.915. The summed E-state index contributed by atoms with van der Waals surface area (Å²) < 4.78 is 2.32. The van der Waals surface area contributed by atoms with E-state index in [4.69, 9.17) is 21.6 Å². The number of halogens is 1. The van der Waals surface area contributed by atoms with E-state index in [1.54, 1.807) is 0 Å². The number of fused-ring (bicyclic) bond motifs is 5. The maximum Gasteiger partial charge on any atom is 0.118 e. The van der Waals surface area contributed by atoms with Crippen LogP contribution in [0.3, 0.4) is 0 Å². The second-order valence-electron chi connectivity index (χ2n) is 8.11. The Bertz CT molecular complexity index is 1280. The van der Waals surface area contributed by atoms with Gasteiger partial charge in [0.2, 0.25) is 0 Å². The van der Waals surface area contributed by atoms with Gasteiger partial charge in [0.25, 0.3) is 0 Å². The van der Waals surface area contributed by atoms with E-state index in [1.165, 1.54) is 16.8 Å². The fourth-order valence-electron chi connectivity index (χ4n) is 4.87. The smallest absolute Gasteiger partial charge is 0.118 e. The number of imidazole rings is 1. The first-order valence-electron chi connectivity index (χ1n) is 10.7. The van der Waals surface area contributed by atoms with Gasteiger partial charge in [0.1, 0.15) is 17.2 Å². The van der Waals surface area contributed by atoms with Crippen molar-refractivity contribution in [1.29, 1.82) is 0 Å². The zero-order valence-corrected chi connectivity index (χ0v) is 17.8. The van der Waals surface area contributed by atoms with Crippen molar-refractivity contribution in [1.82, 2.24) is 19.5 Å². The van der Waals surface area contributed by atoms with Crippen LogP contribution in [-0.2, 0) is 6.42 Å². The molecule has 1 atom stereocenters. The first-order chi connectivity index (χ1) is 15.3. The standard InChI is InChI=1S/C26H21ClN4/c27-18-12-11-17-15-24-30-25(21-8-3-5-13-28-21)26(22-9-4-6-14-29-22)31(24)23-10-2-1-7-19(23)20(17)16-18/h3-14,20H,1-2,15-16H2. The van der Waals surface area contributed by atoms with Crippen LogP contribution in [0.2, 0.25) is 0 Å². The molecule has 1 unspecified atom stereocenters. The minimum absolute atomic E-state index is 0.306. The first-order valence-corrected chi connectivity index (χ1v) is 11.1. The predicted octanol–water partition coefficient (Wildman–Crippen LogP) is 6.19. The lowest BCUT2D eigenvalue weighted by atomic mass is 9.81. The number of nitrogens with zero attached hydrogens (tertiary/aromatic N) is 4. The molecule has 152 valence electrons. The number of allylic oxidation sites excluding steroid dienone is 8. The molecule has 5 heteroatoms. The van der Waals surface area contributed by atoms with E-state index in [2.05, 4.69) is 33.8 Å². The van der Waals surface area contributed by atoms with Crippen LogP contribution in [-0.4, -0.2) is 19.5 Å². The molecule has 0 spiro atoms. The molecular formula is C26H21ClN4. The van der Waals surface area contributed by atoms with Crippen LogP contribution in [0.15, 0.2) is 89.3 Å². The second-order valence-corrected chi connectivity index (χ2v) is 8.59. The highest BCUT2D eigenvalue weighted by atomic mass is 35.5. The normalized spacial score (nSPS) is 19.7. The van der Waals surface area contributed by atoms with Crippen molar-refractivity contribution in [3.8, 4) is 22.8 Å². The molecule has 2 aliphatic carbocycles. The van der Waals surface area contributed by atoms with Crippen molar-refractivity contribution in [2.45, 2.75) is 25.7 Å². The van der Waals surface area contributed by atoms with Gasteiger partial charge in [-0.25, -0.2) is 4.98 Å². The largest absolute Gasteiger partial charge is 0.294 e. The molecule has 1 aliphatic heterocycles. The second kappa shape index (κ2) is 7.47. The van der Waals surface area contributed by atoms with Gasteiger partial charge in [-0.15, -0.1) is 0 Å². The van der Waals surface area contributed by atoms with E-state index in [0.29, 0.717) is 5.92 Å². The van der Waals surface area contributed by atoms with Crippen molar-refractivity contribution >= 4 is 17.3 Å². The van der Waals surface area contributed by atoms with Gasteiger partial charge in [-0.1, -0.05) is 47.5 Å². The molecule has 0 saturated heterocycles. The van der Waals surface area contributed by atoms with Gasteiger partial charge in [0, 0.05) is 35.5 Å². The van der Waals surface area contributed by atoms with Crippen LogP contribution in [0.5, 0.6) is 0 Å². The Hall–Kier alpha value is -3.24. The summed E-state index contributed by atoms with van der Waals surface area (Å²) in [6, 6.07) is 12.0. The predicted molar refractivity (Wildman–Crippen MR) is 124 cm³/mol. The fourth-order valence-corrected chi connectivity index (χ4v) is 5.09. The first kappa shape index (κ1) is 18.5. The molecule has 0 radical (unpaired) electrons. The molecule has 0 aromatic carbocycles. The molecule has 3 aromatic rings. The molecule has 0 fully saturated rings. The summed E-state index contributed by atoms with van der Waals surface area (Å²) in [7, 11) is 0. The Balaban J connectivity index is 1.65. The molecule has 0 saturated carbocycles. The van der Waals surface area contributed by atoms with E-state index in [0.717, 1.165) is 59.3 Å². The summed E-state index contributed by atoms with van der Waals surface area (Å²) in [5.41, 5.74) is 7.59. The third-order valence-corrected chi connectivity index (χ3v) is 6.51. The summed E-state index contributed by atoms with van der Waals surface area (Å²) in [5.74, 6) is 1.33. The molecule has 4 nitrogen and oxygen atoms in total. The van der Waals surface area contributed by atoms with E-state index in [-0.39, 0.29) is 0 Å². The fraction of sp³-hybridized carbons (Fsp3) is 0.192. The zero-order chi connectivity index (χ0) is 20.8. The van der Waals surface area contributed by atoms with Crippen LogP contribution >= 0.6 is 11.6 Å². The van der Waals surface area contributed by atoms with Crippen LogP contribution in [0, 0.1) is 5.92 Å². The maximum absolute atomic E-state index is 6.47. The van der Waals surface area contributed by atoms with Gasteiger partial charge in [0.15, 0.2) is 0 Å². The lowest BCUT2D eigenvalue weighted by Crippen LogP contribution is -2.14. The number of rotatable bonds is 2. The molecule has 31 heavy (non-hydrogen) atoms. The molecule has 6 rings (SSSR count). The van der Waals surface area contributed by atoms with Crippen molar-refractivity contribution < 1.29 is 0 Å². The van der Waals surface area contributed by atoms with E-state index >= 15 is 0 Å². The van der Waals surface area contributed by atoms with Crippen molar-refractivity contribution in [2.24, 2.45) is 5.92 Å². The molecular weight excluding hydrogens is 404 g/mol. The minimum Gasteiger partial charge on any atom is -0.294 e. The van der Waals surface area contributed by atoms with Crippen molar-refractivity contribution in [3.05, 3.63) is 95.1 Å². The molecule has 0 amide bonds. The third kappa shape index (κ3) is 3.10. The van der Waals surface area contributed by atoms with Crippen LogP contribution in [0.4, 0.5) is 0 Å². The highest BCUT2D eigenvalue weighted by Crippen LogP contribution is 2.46. The summed E-state index contributed by atoms with van der Waals surface area (Å²) in [4.78, 5) is 14.5. The Morgan fingerprint density at radius 1 is 0.903 bits per heavy atom. The highest BCUT2D eigenvalue weighted by molar-refractivity contribution is 6.29. The van der Waals surface area contributed by atoms with Gasteiger partial charge in [-0.2, -0.15) is 0 Å². The van der Waals surface area contributed by atoms with E-state index in [9.17, 15) is 0 Å². The Morgan fingerprint density at radius 3 is 2.45 bits per heavy atom. The number of hydrogen-bond donors (Lipinski definition) is 0. The Kier molecular flexibility index (Phi) is 4.46. The molecule has 3 aromatic heterocycles. The average molecular weight is 425 g/mol. The third-order valence-electron chi connectivity index (χ3n) is 6.23. The quantitative estimate of drug-likeness (QED) is 0.492. The van der Waals surface area contributed by atoms with E-state index in [1.807, 2.05) is 48.8 Å². The van der Waals surface area contributed by atoms with Crippen LogP contribution in [0.1, 0.15) is 25.1 Å². The number of pyridine rings is 2. The zero-order valence-electron chi connectivity index (χ0n) is 17.0. The summed E-state index contributed by atoms with van der Waals surface area (Å²) in [6.45, 7) is 0. The molecule has 4 heterocycles. The van der Waals surface area contributed by atoms with Crippen molar-refractivity contribution in [3.63, 3.8) is 0 Å². The molecule has 3 aliphatic rings. The topological polar surface area (TPSA) is 43.6 Å².